The first-order valence-corrected chi connectivity index (χ1v) is 9.60. The van der Waals surface area contributed by atoms with E-state index in [1.165, 1.54) is 89.9 Å². The summed E-state index contributed by atoms with van der Waals surface area (Å²) in [5.74, 6) is 1.05. The van der Waals surface area contributed by atoms with Gasteiger partial charge in [-0.2, -0.15) is 0 Å². The highest BCUT2D eigenvalue weighted by atomic mass is 14.9. The second-order valence-corrected chi connectivity index (χ2v) is 6.89. The van der Waals surface area contributed by atoms with E-state index >= 15 is 0 Å². The van der Waals surface area contributed by atoms with Crippen molar-refractivity contribution in [1.29, 1.82) is 0 Å². The maximum atomic E-state index is 3.72. The fraction of sp³-hybridized carbons (Fsp3) is 1.00. The van der Waals surface area contributed by atoms with Crippen LogP contribution in [0.2, 0.25) is 0 Å². The highest BCUT2D eigenvalue weighted by Gasteiger charge is 2.15. The molecule has 0 bridgehead atoms. The lowest BCUT2D eigenvalue weighted by atomic mass is 9.84. The molecule has 1 nitrogen and oxygen atoms in total. The average Bonchev–Trinajstić information content (AvgIpc) is 2.49. The molecule has 0 aromatic rings. The fourth-order valence-corrected chi connectivity index (χ4v) is 3.72. The number of hydrogen-bond donors (Lipinski definition) is 1. The Bertz CT molecular complexity index is 196. The molecular weight excluding hydrogens is 242 g/mol. The molecule has 1 aliphatic carbocycles. The Balaban J connectivity index is 2.05. The Morgan fingerprint density at radius 3 is 2.25 bits per heavy atom. The molecule has 0 saturated heterocycles. The van der Waals surface area contributed by atoms with Crippen LogP contribution in [0.4, 0.5) is 0 Å². The Kier molecular flexibility index (Phi) is 11.4. The number of hydrogen-bond acceptors (Lipinski definition) is 1. The van der Waals surface area contributed by atoms with Gasteiger partial charge in [0.1, 0.15) is 0 Å². The van der Waals surface area contributed by atoms with Crippen LogP contribution >= 0.6 is 0 Å². The standard InChI is InChI=1S/C19H39N/c1-3-5-6-7-8-12-15-19(20-4-2)17-16-18-13-10-9-11-14-18/h18-20H,3-17H2,1-2H3. The highest BCUT2D eigenvalue weighted by Crippen LogP contribution is 2.28. The summed E-state index contributed by atoms with van der Waals surface area (Å²) in [6.45, 7) is 5.70. The van der Waals surface area contributed by atoms with E-state index in [1.807, 2.05) is 0 Å². The van der Waals surface area contributed by atoms with Crippen molar-refractivity contribution in [2.75, 3.05) is 6.54 Å². The van der Waals surface area contributed by atoms with Crippen LogP contribution < -0.4 is 5.32 Å². The van der Waals surface area contributed by atoms with Crippen LogP contribution in [-0.4, -0.2) is 12.6 Å². The second kappa shape index (κ2) is 12.7. The van der Waals surface area contributed by atoms with Crippen molar-refractivity contribution in [1.82, 2.24) is 5.32 Å². The summed E-state index contributed by atoms with van der Waals surface area (Å²) in [6, 6.07) is 0.799. The quantitative estimate of drug-likeness (QED) is 0.428. The molecule has 1 rings (SSSR count). The van der Waals surface area contributed by atoms with E-state index in [4.69, 9.17) is 0 Å². The van der Waals surface area contributed by atoms with Crippen molar-refractivity contribution >= 4 is 0 Å². The molecule has 1 heteroatoms. The molecule has 0 aliphatic heterocycles. The molecule has 20 heavy (non-hydrogen) atoms. The minimum Gasteiger partial charge on any atom is -0.314 e. The first-order valence-electron chi connectivity index (χ1n) is 9.60. The fourth-order valence-electron chi connectivity index (χ4n) is 3.72. The van der Waals surface area contributed by atoms with Gasteiger partial charge < -0.3 is 5.32 Å². The lowest BCUT2D eigenvalue weighted by Gasteiger charge is -2.24. The Morgan fingerprint density at radius 2 is 1.55 bits per heavy atom. The van der Waals surface area contributed by atoms with Gasteiger partial charge in [0.05, 0.1) is 0 Å². The zero-order valence-corrected chi connectivity index (χ0v) is 14.3. The summed E-state index contributed by atoms with van der Waals surface area (Å²) in [4.78, 5) is 0. The number of unbranched alkanes of at least 4 members (excludes halogenated alkanes) is 5. The molecule has 1 N–H and O–H groups in total. The summed E-state index contributed by atoms with van der Waals surface area (Å²) in [6.07, 6.45) is 20.4. The molecule has 0 aromatic carbocycles. The largest absolute Gasteiger partial charge is 0.314 e. The summed E-state index contributed by atoms with van der Waals surface area (Å²) in [5, 5.41) is 3.72. The van der Waals surface area contributed by atoms with Gasteiger partial charge in [-0.1, -0.05) is 84.5 Å². The lowest BCUT2D eigenvalue weighted by Crippen LogP contribution is -2.29. The molecule has 1 atom stereocenters. The highest BCUT2D eigenvalue weighted by molar-refractivity contribution is 4.72. The van der Waals surface area contributed by atoms with Crippen molar-refractivity contribution in [3.8, 4) is 0 Å². The third-order valence-corrected chi connectivity index (χ3v) is 5.05. The summed E-state index contributed by atoms with van der Waals surface area (Å²) in [5.41, 5.74) is 0. The van der Waals surface area contributed by atoms with E-state index in [-0.39, 0.29) is 0 Å². The van der Waals surface area contributed by atoms with Crippen molar-refractivity contribution in [2.24, 2.45) is 5.92 Å². The number of rotatable bonds is 12. The van der Waals surface area contributed by atoms with Gasteiger partial charge >= 0.3 is 0 Å². The van der Waals surface area contributed by atoms with Crippen LogP contribution in [-0.2, 0) is 0 Å². The Morgan fingerprint density at radius 1 is 0.850 bits per heavy atom. The maximum absolute atomic E-state index is 3.72. The van der Waals surface area contributed by atoms with Crippen LogP contribution in [0.3, 0.4) is 0 Å². The lowest BCUT2D eigenvalue weighted by molar-refractivity contribution is 0.307. The van der Waals surface area contributed by atoms with Crippen molar-refractivity contribution in [3.05, 3.63) is 0 Å². The van der Waals surface area contributed by atoms with Crippen molar-refractivity contribution < 1.29 is 0 Å². The van der Waals surface area contributed by atoms with E-state index < -0.39 is 0 Å². The van der Waals surface area contributed by atoms with Gasteiger partial charge in [0.15, 0.2) is 0 Å². The smallest absolute Gasteiger partial charge is 0.00670 e. The maximum Gasteiger partial charge on any atom is 0.00670 e. The summed E-state index contributed by atoms with van der Waals surface area (Å²) >= 11 is 0. The first kappa shape index (κ1) is 18.0. The molecule has 0 aromatic heterocycles. The number of nitrogens with one attached hydrogen (secondary N) is 1. The molecule has 1 unspecified atom stereocenters. The SMILES string of the molecule is CCCCCCCCC(CCC1CCCCC1)NCC. The first-order chi connectivity index (χ1) is 9.86. The van der Waals surface area contributed by atoms with E-state index in [9.17, 15) is 0 Å². The van der Waals surface area contributed by atoms with Crippen LogP contribution in [0.5, 0.6) is 0 Å². The van der Waals surface area contributed by atoms with Gasteiger partial charge in [-0.3, -0.25) is 0 Å². The third kappa shape index (κ3) is 9.00. The van der Waals surface area contributed by atoms with E-state index in [1.54, 1.807) is 0 Å². The molecular formula is C19H39N. The molecule has 120 valence electrons. The normalized spacial score (nSPS) is 18.3. The average molecular weight is 282 g/mol. The molecule has 1 saturated carbocycles. The molecule has 0 radical (unpaired) electrons. The molecule has 0 amide bonds. The van der Waals surface area contributed by atoms with Crippen molar-refractivity contribution in [2.45, 2.75) is 110 Å². The van der Waals surface area contributed by atoms with Gasteiger partial charge in [0, 0.05) is 6.04 Å². The molecule has 0 spiro atoms. The van der Waals surface area contributed by atoms with E-state index in [0.717, 1.165) is 18.5 Å². The van der Waals surface area contributed by atoms with Crippen LogP contribution in [0.1, 0.15) is 104 Å². The second-order valence-electron chi connectivity index (χ2n) is 6.89. The monoisotopic (exact) mass is 281 g/mol. The van der Waals surface area contributed by atoms with Gasteiger partial charge in [0.2, 0.25) is 0 Å². The third-order valence-electron chi connectivity index (χ3n) is 5.05. The minimum atomic E-state index is 0.799. The Hall–Kier alpha value is -0.0400. The summed E-state index contributed by atoms with van der Waals surface area (Å²) in [7, 11) is 0. The molecule has 0 heterocycles. The molecule has 1 fully saturated rings. The van der Waals surface area contributed by atoms with Gasteiger partial charge in [-0.15, -0.1) is 0 Å². The van der Waals surface area contributed by atoms with E-state index in [2.05, 4.69) is 19.2 Å². The Labute approximate surface area is 128 Å². The zero-order valence-electron chi connectivity index (χ0n) is 14.3. The van der Waals surface area contributed by atoms with Crippen LogP contribution in [0, 0.1) is 5.92 Å². The van der Waals surface area contributed by atoms with Gasteiger partial charge in [-0.25, -0.2) is 0 Å². The van der Waals surface area contributed by atoms with E-state index in [0.29, 0.717) is 0 Å². The summed E-state index contributed by atoms with van der Waals surface area (Å²) < 4.78 is 0. The minimum absolute atomic E-state index is 0.799. The van der Waals surface area contributed by atoms with Gasteiger partial charge in [-0.05, 0) is 31.7 Å². The van der Waals surface area contributed by atoms with Crippen molar-refractivity contribution in [3.63, 3.8) is 0 Å². The molecule has 1 aliphatic rings. The van der Waals surface area contributed by atoms with Crippen LogP contribution in [0.25, 0.3) is 0 Å². The predicted octanol–water partition coefficient (Wildman–Crippen LogP) is 6.08. The zero-order chi connectivity index (χ0) is 14.5. The predicted molar refractivity (Wildman–Crippen MR) is 91.3 cm³/mol. The van der Waals surface area contributed by atoms with Crippen LogP contribution in [0.15, 0.2) is 0 Å². The topological polar surface area (TPSA) is 12.0 Å². The van der Waals surface area contributed by atoms with Gasteiger partial charge in [0.25, 0.3) is 0 Å².